The van der Waals surface area contributed by atoms with Crippen molar-refractivity contribution in [2.45, 2.75) is 4.90 Å². The van der Waals surface area contributed by atoms with Gasteiger partial charge in [-0.2, -0.15) is 0 Å². The summed E-state index contributed by atoms with van der Waals surface area (Å²) in [6.07, 6.45) is 0. The van der Waals surface area contributed by atoms with E-state index in [2.05, 4.69) is 21.2 Å². The summed E-state index contributed by atoms with van der Waals surface area (Å²) < 4.78 is 25.5. The van der Waals surface area contributed by atoms with Crippen molar-refractivity contribution < 1.29 is 13.2 Å². The third kappa shape index (κ3) is 2.27. The second kappa shape index (κ2) is 4.47. The third-order valence-electron chi connectivity index (χ3n) is 2.30. The van der Waals surface area contributed by atoms with E-state index in [9.17, 15) is 13.2 Å². The lowest BCUT2D eigenvalue weighted by Gasteiger charge is -2.15. The number of amides is 2. The van der Waals surface area contributed by atoms with E-state index < -0.39 is 16.1 Å². The van der Waals surface area contributed by atoms with Gasteiger partial charge in [0, 0.05) is 11.0 Å². The van der Waals surface area contributed by atoms with Gasteiger partial charge in [0.05, 0.1) is 16.5 Å². The van der Waals surface area contributed by atoms with Crippen LogP contribution in [0.25, 0.3) is 0 Å². The number of hydrogen-bond donors (Lipinski definition) is 1. The highest BCUT2D eigenvalue weighted by atomic mass is 79.9. The van der Waals surface area contributed by atoms with Crippen LogP contribution in [0.3, 0.4) is 0 Å². The molecule has 2 amide bonds. The van der Waals surface area contributed by atoms with Gasteiger partial charge in [0.1, 0.15) is 0 Å². The molecule has 1 N–H and O–H groups in total. The fraction of sp³-hybridized carbons (Fsp3) is 0.222. The van der Waals surface area contributed by atoms with Crippen molar-refractivity contribution in [3.8, 4) is 0 Å². The summed E-state index contributed by atoms with van der Waals surface area (Å²) in [5, 5.41) is 2.85. The lowest BCUT2D eigenvalue weighted by Crippen LogP contribution is -2.34. The minimum absolute atomic E-state index is 0.0332. The maximum atomic E-state index is 12.1. The van der Waals surface area contributed by atoms with E-state index in [0.29, 0.717) is 16.0 Å². The summed E-state index contributed by atoms with van der Waals surface area (Å²) in [5.74, 6) is 0. The van der Waals surface area contributed by atoms with Crippen molar-refractivity contribution in [2.24, 2.45) is 0 Å². The van der Waals surface area contributed by atoms with Gasteiger partial charge in [-0.25, -0.2) is 17.5 Å². The largest absolute Gasteiger partial charge is 0.335 e. The number of benzene rings is 1. The first-order valence-electron chi connectivity index (χ1n) is 4.68. The molecule has 2 rings (SSSR count). The summed E-state index contributed by atoms with van der Waals surface area (Å²) in [6.45, 7) is 0.467. The van der Waals surface area contributed by atoms with E-state index in [1.165, 1.54) is 18.2 Å². The molecule has 1 fully saturated rings. The number of nitrogens with zero attached hydrogens (tertiary/aromatic N) is 1. The Morgan fingerprint density at radius 1 is 1.41 bits per heavy atom. The molecule has 5 nitrogen and oxygen atoms in total. The molecule has 8 heteroatoms. The molecule has 0 saturated carbocycles. The monoisotopic (exact) mass is 338 g/mol. The highest BCUT2D eigenvalue weighted by molar-refractivity contribution is 9.10. The maximum absolute atomic E-state index is 12.1. The van der Waals surface area contributed by atoms with Gasteiger partial charge in [-0.15, -0.1) is 0 Å². The van der Waals surface area contributed by atoms with Gasteiger partial charge in [-0.05, 0) is 34.1 Å². The zero-order valence-corrected chi connectivity index (χ0v) is 11.6. The highest BCUT2D eigenvalue weighted by Gasteiger charge is 2.32. The standard InChI is InChI=1S/C9H8BrClN2O3S/c10-7-5-6(1-2-8(7)11)17(15,16)13-4-3-12-9(13)14/h1-2,5H,3-4H2,(H,12,14). The molecule has 0 spiro atoms. The van der Waals surface area contributed by atoms with Gasteiger partial charge in [0.15, 0.2) is 0 Å². The Kier molecular flexibility index (Phi) is 3.33. The number of carbonyl (C=O) groups is 1. The molecule has 0 bridgehead atoms. The van der Waals surface area contributed by atoms with Gasteiger partial charge >= 0.3 is 6.03 Å². The fourth-order valence-corrected chi connectivity index (χ4v) is 3.47. The summed E-state index contributed by atoms with van der Waals surface area (Å²) in [4.78, 5) is 11.4. The first kappa shape index (κ1) is 12.7. The van der Waals surface area contributed by atoms with Gasteiger partial charge in [0.2, 0.25) is 0 Å². The predicted molar refractivity (Wildman–Crippen MR) is 66.4 cm³/mol. The molecule has 92 valence electrons. The zero-order chi connectivity index (χ0) is 12.6. The number of urea groups is 1. The van der Waals surface area contributed by atoms with Crippen LogP contribution in [0.4, 0.5) is 4.79 Å². The lowest BCUT2D eigenvalue weighted by molar-refractivity contribution is 0.236. The average molecular weight is 340 g/mol. The van der Waals surface area contributed by atoms with E-state index in [0.717, 1.165) is 4.31 Å². The number of sulfonamides is 1. The van der Waals surface area contributed by atoms with Crippen LogP contribution in [-0.2, 0) is 10.0 Å². The van der Waals surface area contributed by atoms with E-state index in [1.807, 2.05) is 0 Å². The number of halogens is 2. The van der Waals surface area contributed by atoms with Crippen LogP contribution in [0.5, 0.6) is 0 Å². The molecule has 0 aromatic heterocycles. The van der Waals surface area contributed by atoms with Gasteiger partial charge in [0.25, 0.3) is 10.0 Å². The van der Waals surface area contributed by atoms with Crippen molar-refractivity contribution in [3.05, 3.63) is 27.7 Å². The molecule has 1 aliphatic rings. The van der Waals surface area contributed by atoms with Crippen molar-refractivity contribution >= 4 is 43.6 Å². The molecule has 0 atom stereocenters. The maximum Gasteiger partial charge on any atom is 0.331 e. The number of rotatable bonds is 2. The second-order valence-corrected chi connectivity index (χ2v) is 6.51. The SMILES string of the molecule is O=C1NCCN1S(=O)(=O)c1ccc(Cl)c(Br)c1. The molecule has 0 aliphatic carbocycles. The smallest absolute Gasteiger partial charge is 0.331 e. The molecular weight excluding hydrogens is 332 g/mol. The molecule has 0 radical (unpaired) electrons. The Balaban J connectivity index is 2.44. The van der Waals surface area contributed by atoms with Gasteiger partial charge in [-0.3, -0.25) is 0 Å². The number of hydrogen-bond acceptors (Lipinski definition) is 3. The highest BCUT2D eigenvalue weighted by Crippen LogP contribution is 2.27. The van der Waals surface area contributed by atoms with Crippen LogP contribution in [0, 0.1) is 0 Å². The topological polar surface area (TPSA) is 66.5 Å². The first-order chi connectivity index (χ1) is 7.93. The summed E-state index contributed by atoms with van der Waals surface area (Å²) in [7, 11) is -3.79. The third-order valence-corrected chi connectivity index (χ3v) is 5.29. The van der Waals surface area contributed by atoms with E-state index in [-0.39, 0.29) is 11.4 Å². The number of nitrogens with one attached hydrogen (secondary N) is 1. The van der Waals surface area contributed by atoms with Crippen molar-refractivity contribution in [1.29, 1.82) is 0 Å². The summed E-state index contributed by atoms with van der Waals surface area (Å²) >= 11 is 8.93. The van der Waals surface area contributed by atoms with Crippen LogP contribution in [0.15, 0.2) is 27.6 Å². The minimum Gasteiger partial charge on any atom is -0.335 e. The Morgan fingerprint density at radius 2 is 2.12 bits per heavy atom. The zero-order valence-electron chi connectivity index (χ0n) is 8.48. The Hall–Kier alpha value is -0.790. The molecule has 1 aliphatic heterocycles. The Labute approximate surface area is 112 Å². The minimum atomic E-state index is -3.79. The van der Waals surface area contributed by atoms with E-state index in [4.69, 9.17) is 11.6 Å². The quantitative estimate of drug-likeness (QED) is 0.894. The molecule has 1 saturated heterocycles. The number of carbonyl (C=O) groups excluding carboxylic acids is 1. The van der Waals surface area contributed by atoms with Crippen molar-refractivity contribution in [1.82, 2.24) is 9.62 Å². The van der Waals surface area contributed by atoms with Crippen LogP contribution < -0.4 is 5.32 Å². The lowest BCUT2D eigenvalue weighted by atomic mass is 10.4. The van der Waals surface area contributed by atoms with Crippen LogP contribution >= 0.6 is 27.5 Å². The van der Waals surface area contributed by atoms with Crippen LogP contribution in [0.1, 0.15) is 0 Å². The molecule has 1 aromatic rings. The van der Waals surface area contributed by atoms with Crippen molar-refractivity contribution in [3.63, 3.8) is 0 Å². The molecule has 1 heterocycles. The van der Waals surface area contributed by atoms with Crippen molar-refractivity contribution in [2.75, 3.05) is 13.1 Å². The Morgan fingerprint density at radius 3 is 2.65 bits per heavy atom. The fourth-order valence-electron chi connectivity index (χ4n) is 1.45. The first-order valence-corrected chi connectivity index (χ1v) is 7.29. The molecular formula is C9H8BrClN2O3S. The second-order valence-electron chi connectivity index (χ2n) is 3.39. The van der Waals surface area contributed by atoms with Gasteiger partial charge < -0.3 is 5.32 Å². The molecule has 17 heavy (non-hydrogen) atoms. The predicted octanol–water partition coefficient (Wildman–Crippen LogP) is 1.82. The average Bonchev–Trinajstić information content (AvgIpc) is 2.69. The normalized spacial score (nSPS) is 16.1. The molecule has 1 aromatic carbocycles. The summed E-state index contributed by atoms with van der Waals surface area (Å²) in [5.41, 5.74) is 0. The van der Waals surface area contributed by atoms with Crippen LogP contribution in [0.2, 0.25) is 5.02 Å². The van der Waals surface area contributed by atoms with Gasteiger partial charge in [-0.1, -0.05) is 11.6 Å². The summed E-state index contributed by atoms with van der Waals surface area (Å²) in [6, 6.07) is 3.61. The van der Waals surface area contributed by atoms with E-state index in [1.54, 1.807) is 0 Å². The van der Waals surface area contributed by atoms with Crippen LogP contribution in [-0.4, -0.2) is 31.8 Å². The van der Waals surface area contributed by atoms with E-state index >= 15 is 0 Å². The Bertz CT molecular complexity index is 576. The molecule has 0 unspecified atom stereocenters.